The van der Waals surface area contributed by atoms with E-state index in [1.54, 1.807) is 11.6 Å². The number of nitrogens with zero attached hydrogens (tertiary/aromatic N) is 4. The molecule has 32 heavy (non-hydrogen) atoms. The smallest absolute Gasteiger partial charge is 0.216 e. The Morgan fingerprint density at radius 1 is 1.28 bits per heavy atom. The molecular formula is C23H34N4O4S. The molecule has 2 aromatic rings. The van der Waals surface area contributed by atoms with Crippen LogP contribution in [-0.2, 0) is 32.6 Å². The summed E-state index contributed by atoms with van der Waals surface area (Å²) in [6.45, 7) is 9.81. The fraction of sp³-hybridized carbons (Fsp3) is 0.609. The van der Waals surface area contributed by atoms with E-state index in [-0.39, 0.29) is 30.0 Å². The third-order valence-electron chi connectivity index (χ3n) is 6.11. The van der Waals surface area contributed by atoms with Gasteiger partial charge < -0.3 is 9.53 Å². The van der Waals surface area contributed by atoms with Gasteiger partial charge in [-0.1, -0.05) is 30.3 Å². The molecule has 1 aromatic heterocycles. The molecule has 1 aliphatic rings. The lowest BCUT2D eigenvalue weighted by Gasteiger charge is -2.23. The maximum atomic E-state index is 12.6. The van der Waals surface area contributed by atoms with Gasteiger partial charge in [0.25, 0.3) is 0 Å². The summed E-state index contributed by atoms with van der Waals surface area (Å²) in [5.74, 6) is 0.313. The topological polar surface area (TPSA) is 94.4 Å². The van der Waals surface area contributed by atoms with Crippen LogP contribution in [0.2, 0.25) is 0 Å². The van der Waals surface area contributed by atoms with Gasteiger partial charge in [-0.15, -0.1) is 5.10 Å². The number of benzene rings is 1. The highest BCUT2D eigenvalue weighted by Gasteiger charge is 2.26. The van der Waals surface area contributed by atoms with Crippen LogP contribution in [0.4, 0.5) is 0 Å². The van der Waals surface area contributed by atoms with Crippen LogP contribution in [0, 0.1) is 6.92 Å². The quantitative estimate of drug-likeness (QED) is 0.569. The van der Waals surface area contributed by atoms with Gasteiger partial charge >= 0.3 is 0 Å². The van der Waals surface area contributed by atoms with Gasteiger partial charge in [0, 0.05) is 38.2 Å². The summed E-state index contributed by atoms with van der Waals surface area (Å²) in [6.07, 6.45) is 3.16. The Bertz CT molecular complexity index is 1030. The van der Waals surface area contributed by atoms with Crippen molar-refractivity contribution in [3.8, 4) is 0 Å². The molecule has 1 aliphatic heterocycles. The lowest BCUT2D eigenvalue weighted by atomic mass is 9.84. The first-order valence-corrected chi connectivity index (χ1v) is 12.8. The number of hydrogen-bond acceptors (Lipinski definition) is 6. The second-order valence-electron chi connectivity index (χ2n) is 8.69. The number of sulfonamides is 1. The van der Waals surface area contributed by atoms with E-state index in [9.17, 15) is 13.2 Å². The van der Waals surface area contributed by atoms with Crippen molar-refractivity contribution in [2.24, 2.45) is 0 Å². The maximum absolute atomic E-state index is 12.6. The minimum absolute atomic E-state index is 0.00859. The molecular weight excluding hydrogens is 428 g/mol. The van der Waals surface area contributed by atoms with Crippen molar-refractivity contribution in [3.63, 3.8) is 0 Å². The molecule has 2 unspecified atom stereocenters. The number of ketones is 1. The summed E-state index contributed by atoms with van der Waals surface area (Å²) >= 11 is 0. The Kier molecular flexibility index (Phi) is 8.19. The van der Waals surface area contributed by atoms with Crippen LogP contribution >= 0.6 is 0 Å². The van der Waals surface area contributed by atoms with E-state index in [1.165, 1.54) is 4.31 Å². The number of Topliss-reactive ketones (excluding diaryl/α,β-unsaturated/α-hetero) is 1. The number of aromatic nitrogens is 3. The fourth-order valence-electron chi connectivity index (χ4n) is 4.11. The third-order valence-corrected chi connectivity index (χ3v) is 7.89. The van der Waals surface area contributed by atoms with Gasteiger partial charge in [-0.05, 0) is 49.8 Å². The Labute approximate surface area is 191 Å². The van der Waals surface area contributed by atoms with E-state index in [1.807, 2.05) is 26.1 Å². The molecule has 0 amide bonds. The summed E-state index contributed by atoms with van der Waals surface area (Å²) in [5, 5.41) is 8.43. The summed E-state index contributed by atoms with van der Waals surface area (Å²) in [5.41, 5.74) is 3.98. The van der Waals surface area contributed by atoms with E-state index in [0.29, 0.717) is 26.1 Å². The highest BCUT2D eigenvalue weighted by Crippen LogP contribution is 2.33. The van der Waals surface area contributed by atoms with Crippen molar-refractivity contribution in [1.82, 2.24) is 19.3 Å². The Morgan fingerprint density at radius 3 is 2.75 bits per heavy atom. The van der Waals surface area contributed by atoms with Gasteiger partial charge in [-0.25, -0.2) is 8.42 Å². The van der Waals surface area contributed by atoms with Gasteiger partial charge in [-0.3, -0.25) is 4.68 Å². The van der Waals surface area contributed by atoms with E-state index in [4.69, 9.17) is 4.74 Å². The Hall–Kier alpha value is -2.10. The zero-order valence-electron chi connectivity index (χ0n) is 19.5. The van der Waals surface area contributed by atoms with Gasteiger partial charge in [0.15, 0.2) is 0 Å². The molecule has 0 N–H and O–H groups in total. The van der Waals surface area contributed by atoms with Crippen LogP contribution in [0.25, 0.3) is 0 Å². The molecule has 0 bridgehead atoms. The summed E-state index contributed by atoms with van der Waals surface area (Å²) in [4.78, 5) is 12.1. The summed E-state index contributed by atoms with van der Waals surface area (Å²) in [6, 6.07) is 6.15. The summed E-state index contributed by atoms with van der Waals surface area (Å²) < 4.78 is 33.9. The second kappa shape index (κ2) is 10.7. The SMILES string of the molecule is CCn1cc(C(C)CC(CC(C)=O)c2ccc(C)c(CN3CCOCCS3(=O)=O)c2)nn1. The zero-order valence-corrected chi connectivity index (χ0v) is 20.3. The van der Waals surface area contributed by atoms with Crippen LogP contribution in [-0.4, -0.2) is 59.0 Å². The number of ether oxygens (including phenoxy) is 1. The molecule has 8 nitrogen and oxygen atoms in total. The molecule has 1 fully saturated rings. The predicted molar refractivity (Wildman–Crippen MR) is 123 cm³/mol. The molecule has 3 rings (SSSR count). The zero-order chi connectivity index (χ0) is 23.3. The van der Waals surface area contributed by atoms with E-state index < -0.39 is 10.0 Å². The lowest BCUT2D eigenvalue weighted by molar-refractivity contribution is -0.117. The fourth-order valence-corrected chi connectivity index (χ4v) is 5.38. The van der Waals surface area contributed by atoms with Gasteiger partial charge in [0.1, 0.15) is 5.78 Å². The molecule has 0 saturated carbocycles. The van der Waals surface area contributed by atoms with Crippen molar-refractivity contribution in [1.29, 1.82) is 0 Å². The first-order chi connectivity index (χ1) is 15.2. The molecule has 176 valence electrons. The highest BCUT2D eigenvalue weighted by atomic mass is 32.2. The molecule has 2 heterocycles. The molecule has 1 aromatic carbocycles. The Balaban J connectivity index is 1.84. The van der Waals surface area contributed by atoms with E-state index in [0.717, 1.165) is 35.3 Å². The average molecular weight is 463 g/mol. The summed E-state index contributed by atoms with van der Waals surface area (Å²) in [7, 11) is -3.35. The normalized spacial score (nSPS) is 18.8. The molecule has 9 heteroatoms. The van der Waals surface area contributed by atoms with Crippen LogP contribution in [0.15, 0.2) is 24.4 Å². The van der Waals surface area contributed by atoms with Crippen molar-refractivity contribution in [2.45, 2.75) is 65.5 Å². The number of carbonyl (C=O) groups excluding carboxylic acids is 1. The maximum Gasteiger partial charge on any atom is 0.216 e. The number of carbonyl (C=O) groups is 1. The first-order valence-electron chi connectivity index (χ1n) is 11.2. The van der Waals surface area contributed by atoms with E-state index in [2.05, 4.69) is 29.4 Å². The van der Waals surface area contributed by atoms with Crippen LogP contribution < -0.4 is 0 Å². The number of aryl methyl sites for hydroxylation is 2. The Morgan fingerprint density at radius 2 is 2.06 bits per heavy atom. The third kappa shape index (κ3) is 6.24. The van der Waals surface area contributed by atoms with Gasteiger partial charge in [0.05, 0.1) is 24.7 Å². The predicted octanol–water partition coefficient (Wildman–Crippen LogP) is 3.02. The van der Waals surface area contributed by atoms with Crippen LogP contribution in [0.5, 0.6) is 0 Å². The number of hydrogen-bond donors (Lipinski definition) is 0. The minimum Gasteiger partial charge on any atom is -0.379 e. The molecule has 1 saturated heterocycles. The van der Waals surface area contributed by atoms with Crippen molar-refractivity contribution in [2.75, 3.05) is 25.5 Å². The van der Waals surface area contributed by atoms with Gasteiger partial charge in [0.2, 0.25) is 10.0 Å². The van der Waals surface area contributed by atoms with Crippen LogP contribution in [0.3, 0.4) is 0 Å². The lowest BCUT2D eigenvalue weighted by Crippen LogP contribution is -2.33. The van der Waals surface area contributed by atoms with Crippen molar-refractivity contribution in [3.05, 3.63) is 46.8 Å². The van der Waals surface area contributed by atoms with Crippen molar-refractivity contribution < 1.29 is 17.9 Å². The van der Waals surface area contributed by atoms with Crippen molar-refractivity contribution >= 4 is 15.8 Å². The monoisotopic (exact) mass is 462 g/mol. The molecule has 0 spiro atoms. The largest absolute Gasteiger partial charge is 0.379 e. The standard InChI is InChI=1S/C23H34N4O4S/c1-5-26-16-23(24-25-26)18(3)12-21(13-19(4)28)20-7-6-17(2)22(14-20)15-27-8-9-31-10-11-32(27,29)30/h6-7,14,16,18,21H,5,8-13,15H2,1-4H3. The molecule has 2 atom stereocenters. The molecule has 0 radical (unpaired) electrons. The van der Waals surface area contributed by atoms with Gasteiger partial charge in [-0.2, -0.15) is 4.31 Å². The second-order valence-corrected chi connectivity index (χ2v) is 10.8. The van der Waals surface area contributed by atoms with Crippen LogP contribution in [0.1, 0.15) is 67.8 Å². The first kappa shape index (κ1) is 24.5. The minimum atomic E-state index is -3.35. The molecule has 0 aliphatic carbocycles. The number of rotatable bonds is 9. The highest BCUT2D eigenvalue weighted by molar-refractivity contribution is 7.89. The average Bonchev–Trinajstić information content (AvgIpc) is 3.16. The van der Waals surface area contributed by atoms with E-state index >= 15 is 0 Å².